The Morgan fingerprint density at radius 2 is 1.84 bits per heavy atom. The van der Waals surface area contributed by atoms with E-state index in [1.54, 1.807) is 31.2 Å². The zero-order valence-electron chi connectivity index (χ0n) is 13.6. The second kappa shape index (κ2) is 6.68. The van der Waals surface area contributed by atoms with Gasteiger partial charge < -0.3 is 10.1 Å². The quantitative estimate of drug-likeness (QED) is 0.846. The fraction of sp³-hybridized carbons (Fsp3) is 0.222. The van der Waals surface area contributed by atoms with Gasteiger partial charge in [0.05, 0.1) is 16.2 Å². The van der Waals surface area contributed by atoms with Crippen molar-refractivity contribution in [1.82, 2.24) is 0 Å². The van der Waals surface area contributed by atoms with Crippen LogP contribution in [0.15, 0.2) is 53.4 Å². The summed E-state index contributed by atoms with van der Waals surface area (Å²) in [4.78, 5) is 24.5. The van der Waals surface area contributed by atoms with Crippen molar-refractivity contribution in [3.05, 3.63) is 59.7 Å². The second-order valence-corrected chi connectivity index (χ2v) is 7.95. The minimum atomic E-state index is -3.29. The Labute approximate surface area is 145 Å². The third kappa shape index (κ3) is 3.56. The van der Waals surface area contributed by atoms with E-state index in [0.717, 1.165) is 5.56 Å². The number of benzene rings is 2. The maximum Gasteiger partial charge on any atom is 0.339 e. The fourth-order valence-corrected chi connectivity index (χ4v) is 3.50. The van der Waals surface area contributed by atoms with Crippen LogP contribution >= 0.6 is 0 Å². The van der Waals surface area contributed by atoms with E-state index < -0.39 is 27.8 Å². The minimum Gasteiger partial charge on any atom is -0.448 e. The maximum absolute atomic E-state index is 12.4. The Bertz CT molecular complexity index is 919. The topological polar surface area (TPSA) is 89.5 Å². The first-order valence-corrected chi connectivity index (χ1v) is 9.48. The predicted molar refractivity (Wildman–Crippen MR) is 92.1 cm³/mol. The van der Waals surface area contributed by atoms with Gasteiger partial charge in [0, 0.05) is 12.1 Å². The predicted octanol–water partition coefficient (Wildman–Crippen LogP) is 2.20. The highest BCUT2D eigenvalue weighted by atomic mass is 32.2. The van der Waals surface area contributed by atoms with Gasteiger partial charge >= 0.3 is 5.97 Å². The van der Waals surface area contributed by atoms with E-state index in [1.165, 1.54) is 24.3 Å². The van der Waals surface area contributed by atoms with Crippen LogP contribution < -0.4 is 5.32 Å². The SMILES string of the molecule is CCS(=O)(=O)c1ccc(NC(=O)[C@@H]2Cc3ccccc3C(=O)O2)cc1. The van der Waals surface area contributed by atoms with E-state index in [9.17, 15) is 18.0 Å². The first-order valence-electron chi connectivity index (χ1n) is 7.83. The molecule has 130 valence electrons. The number of ether oxygens (including phenoxy) is 1. The molecule has 1 aliphatic rings. The van der Waals surface area contributed by atoms with Crippen molar-refractivity contribution in [3.63, 3.8) is 0 Å². The van der Waals surface area contributed by atoms with E-state index in [0.29, 0.717) is 17.7 Å². The van der Waals surface area contributed by atoms with E-state index in [1.807, 2.05) is 0 Å². The van der Waals surface area contributed by atoms with Crippen molar-refractivity contribution in [1.29, 1.82) is 0 Å². The molecule has 0 aliphatic carbocycles. The summed E-state index contributed by atoms with van der Waals surface area (Å²) >= 11 is 0. The summed E-state index contributed by atoms with van der Waals surface area (Å²) in [7, 11) is -3.29. The van der Waals surface area contributed by atoms with Crippen molar-refractivity contribution in [3.8, 4) is 0 Å². The van der Waals surface area contributed by atoms with Gasteiger partial charge in [-0.25, -0.2) is 13.2 Å². The molecule has 0 bridgehead atoms. The van der Waals surface area contributed by atoms with Gasteiger partial charge in [0.1, 0.15) is 0 Å². The molecule has 3 rings (SSSR count). The number of rotatable bonds is 4. The van der Waals surface area contributed by atoms with Gasteiger partial charge in [-0.3, -0.25) is 4.79 Å². The first-order chi connectivity index (χ1) is 11.9. The summed E-state index contributed by atoms with van der Waals surface area (Å²) in [6.07, 6.45) is -0.614. The normalized spacial score (nSPS) is 16.7. The molecule has 0 unspecified atom stereocenters. The Morgan fingerprint density at radius 1 is 1.16 bits per heavy atom. The molecule has 0 saturated carbocycles. The van der Waals surface area contributed by atoms with Crippen LogP contribution in [-0.4, -0.2) is 32.2 Å². The third-order valence-corrected chi connectivity index (χ3v) is 5.80. The lowest BCUT2D eigenvalue weighted by Crippen LogP contribution is -2.37. The first kappa shape index (κ1) is 17.2. The van der Waals surface area contributed by atoms with Crippen molar-refractivity contribution < 1.29 is 22.7 Å². The molecule has 1 aliphatic heterocycles. The summed E-state index contributed by atoms with van der Waals surface area (Å²) in [5.41, 5.74) is 1.68. The molecule has 0 spiro atoms. The summed E-state index contributed by atoms with van der Waals surface area (Å²) in [6, 6.07) is 12.9. The number of cyclic esters (lactones) is 1. The number of sulfone groups is 1. The van der Waals surface area contributed by atoms with Crippen LogP contribution in [0.25, 0.3) is 0 Å². The third-order valence-electron chi connectivity index (χ3n) is 4.05. The molecule has 6 nitrogen and oxygen atoms in total. The molecular weight excluding hydrogens is 342 g/mol. The molecule has 2 aromatic rings. The van der Waals surface area contributed by atoms with Crippen LogP contribution in [0.1, 0.15) is 22.8 Å². The van der Waals surface area contributed by atoms with Crippen molar-refractivity contribution in [2.45, 2.75) is 24.3 Å². The number of carbonyl (C=O) groups excluding carboxylic acids is 2. The molecule has 1 amide bonds. The molecule has 0 fully saturated rings. The number of anilines is 1. The van der Waals surface area contributed by atoms with Gasteiger partial charge in [0.2, 0.25) is 0 Å². The lowest BCUT2D eigenvalue weighted by atomic mass is 9.98. The van der Waals surface area contributed by atoms with E-state index >= 15 is 0 Å². The number of amides is 1. The van der Waals surface area contributed by atoms with Gasteiger partial charge in [-0.05, 0) is 35.9 Å². The molecule has 1 heterocycles. The lowest BCUT2D eigenvalue weighted by molar-refractivity contribution is -0.125. The number of esters is 1. The molecule has 7 heteroatoms. The molecule has 0 saturated heterocycles. The largest absolute Gasteiger partial charge is 0.448 e. The van der Waals surface area contributed by atoms with Crippen LogP contribution in [0.3, 0.4) is 0 Å². The van der Waals surface area contributed by atoms with Gasteiger partial charge in [0.25, 0.3) is 5.91 Å². The van der Waals surface area contributed by atoms with E-state index in [2.05, 4.69) is 5.32 Å². The number of fused-ring (bicyclic) bond motifs is 1. The van der Waals surface area contributed by atoms with Crippen LogP contribution in [0.2, 0.25) is 0 Å². The van der Waals surface area contributed by atoms with Gasteiger partial charge in [-0.2, -0.15) is 0 Å². The van der Waals surface area contributed by atoms with Crippen LogP contribution in [0.4, 0.5) is 5.69 Å². The Kier molecular flexibility index (Phi) is 4.59. The average molecular weight is 359 g/mol. The van der Waals surface area contributed by atoms with Gasteiger partial charge in [0.15, 0.2) is 15.9 Å². The Hall–Kier alpha value is -2.67. The van der Waals surface area contributed by atoms with Crippen molar-refractivity contribution in [2.75, 3.05) is 11.1 Å². The zero-order chi connectivity index (χ0) is 18.0. The number of nitrogens with one attached hydrogen (secondary N) is 1. The monoisotopic (exact) mass is 359 g/mol. The fourth-order valence-electron chi connectivity index (χ4n) is 2.61. The zero-order valence-corrected chi connectivity index (χ0v) is 14.4. The van der Waals surface area contributed by atoms with Crippen LogP contribution in [0, 0.1) is 0 Å². The molecule has 0 aromatic heterocycles. The molecule has 0 radical (unpaired) electrons. The number of hydrogen-bond acceptors (Lipinski definition) is 5. The summed E-state index contributed by atoms with van der Waals surface area (Å²) in [6.45, 7) is 1.57. The average Bonchev–Trinajstić information content (AvgIpc) is 2.62. The van der Waals surface area contributed by atoms with Gasteiger partial charge in [-0.1, -0.05) is 25.1 Å². The number of carbonyl (C=O) groups is 2. The van der Waals surface area contributed by atoms with Crippen LogP contribution in [0.5, 0.6) is 0 Å². The Balaban J connectivity index is 1.72. The summed E-state index contributed by atoms with van der Waals surface area (Å²) in [5.74, 6) is -0.962. The second-order valence-electron chi connectivity index (χ2n) is 5.67. The molecule has 1 atom stereocenters. The summed E-state index contributed by atoms with van der Waals surface area (Å²) in [5, 5.41) is 2.65. The molecule has 1 N–H and O–H groups in total. The highest BCUT2D eigenvalue weighted by molar-refractivity contribution is 7.91. The Morgan fingerprint density at radius 3 is 2.52 bits per heavy atom. The standard InChI is InChI=1S/C18H17NO5S/c1-2-25(22,23)14-9-7-13(8-10-14)19-17(20)16-11-12-5-3-4-6-15(12)18(21)24-16/h3-10,16H,2,11H2,1H3,(H,19,20)/t16-/m0/s1. The van der Waals surface area contributed by atoms with Crippen LogP contribution in [-0.2, 0) is 25.8 Å². The van der Waals surface area contributed by atoms with E-state index in [-0.39, 0.29) is 10.6 Å². The van der Waals surface area contributed by atoms with E-state index in [4.69, 9.17) is 4.74 Å². The minimum absolute atomic E-state index is 0.0101. The van der Waals surface area contributed by atoms with Crippen molar-refractivity contribution >= 4 is 27.4 Å². The highest BCUT2D eigenvalue weighted by Crippen LogP contribution is 2.22. The molecule has 25 heavy (non-hydrogen) atoms. The highest BCUT2D eigenvalue weighted by Gasteiger charge is 2.31. The van der Waals surface area contributed by atoms with Crippen molar-refractivity contribution in [2.24, 2.45) is 0 Å². The molecular formula is C18H17NO5S. The maximum atomic E-state index is 12.4. The summed E-state index contributed by atoms with van der Waals surface area (Å²) < 4.78 is 28.8. The van der Waals surface area contributed by atoms with Gasteiger partial charge in [-0.15, -0.1) is 0 Å². The smallest absolute Gasteiger partial charge is 0.339 e. The lowest BCUT2D eigenvalue weighted by Gasteiger charge is -2.23. The number of hydrogen-bond donors (Lipinski definition) is 1. The molecule has 2 aromatic carbocycles.